The summed E-state index contributed by atoms with van der Waals surface area (Å²) in [7, 11) is 0. The summed E-state index contributed by atoms with van der Waals surface area (Å²) in [6.45, 7) is 7.59. The normalized spacial score (nSPS) is 10.6. The summed E-state index contributed by atoms with van der Waals surface area (Å²) in [5.41, 5.74) is 2.13. The fourth-order valence-electron chi connectivity index (χ4n) is 1.80. The Hall–Kier alpha value is -1.36. The molecular weight excluding hydrogens is 218 g/mol. The predicted octanol–water partition coefficient (Wildman–Crippen LogP) is 0.942. The van der Waals surface area contributed by atoms with Gasteiger partial charge in [0.2, 0.25) is 5.91 Å². The highest BCUT2D eigenvalue weighted by molar-refractivity contribution is 5.75. The lowest BCUT2D eigenvalue weighted by Gasteiger charge is -2.20. The van der Waals surface area contributed by atoms with Gasteiger partial charge in [0.15, 0.2) is 0 Å². The van der Waals surface area contributed by atoms with E-state index in [2.05, 4.69) is 5.10 Å². The zero-order chi connectivity index (χ0) is 12.8. The van der Waals surface area contributed by atoms with Crippen molar-refractivity contribution in [1.82, 2.24) is 14.7 Å². The number of aryl methyl sites for hydroxylation is 1. The quantitative estimate of drug-likeness (QED) is 0.804. The van der Waals surface area contributed by atoms with Gasteiger partial charge < -0.3 is 10.0 Å². The third-order valence-corrected chi connectivity index (χ3v) is 2.89. The smallest absolute Gasteiger partial charge is 0.222 e. The van der Waals surface area contributed by atoms with Gasteiger partial charge in [0.25, 0.3) is 0 Å². The minimum Gasteiger partial charge on any atom is -0.395 e. The lowest BCUT2D eigenvalue weighted by atomic mass is 10.2. The van der Waals surface area contributed by atoms with Gasteiger partial charge in [-0.1, -0.05) is 6.92 Å². The molecule has 1 aromatic heterocycles. The van der Waals surface area contributed by atoms with Crippen LogP contribution >= 0.6 is 0 Å². The summed E-state index contributed by atoms with van der Waals surface area (Å²) >= 11 is 0. The Balaban J connectivity index is 2.78. The van der Waals surface area contributed by atoms with E-state index in [9.17, 15) is 4.79 Å². The third kappa shape index (κ3) is 3.30. The molecule has 0 atom stereocenters. The van der Waals surface area contributed by atoms with E-state index in [1.165, 1.54) is 0 Å². The molecule has 1 aromatic rings. The van der Waals surface area contributed by atoms with Gasteiger partial charge in [-0.05, 0) is 13.8 Å². The first-order chi connectivity index (χ1) is 8.13. The van der Waals surface area contributed by atoms with Crippen molar-refractivity contribution < 1.29 is 9.90 Å². The van der Waals surface area contributed by atoms with Gasteiger partial charge in [0, 0.05) is 37.3 Å². The van der Waals surface area contributed by atoms with Crippen molar-refractivity contribution in [2.24, 2.45) is 0 Å². The summed E-state index contributed by atoms with van der Waals surface area (Å²) in [6, 6.07) is 0. The van der Waals surface area contributed by atoms with Crippen LogP contribution in [0.4, 0.5) is 0 Å². The summed E-state index contributed by atoms with van der Waals surface area (Å²) < 4.78 is 1.91. The lowest BCUT2D eigenvalue weighted by Crippen LogP contribution is -2.32. The summed E-state index contributed by atoms with van der Waals surface area (Å²) in [5.74, 6) is 0.0581. The highest BCUT2D eigenvalue weighted by Crippen LogP contribution is 2.11. The first kappa shape index (κ1) is 13.7. The molecule has 0 fully saturated rings. The summed E-state index contributed by atoms with van der Waals surface area (Å²) in [4.78, 5) is 13.4. The average Bonchev–Trinajstić information content (AvgIpc) is 2.69. The first-order valence-electron chi connectivity index (χ1n) is 6.03. The van der Waals surface area contributed by atoms with Crippen molar-refractivity contribution >= 4 is 5.91 Å². The van der Waals surface area contributed by atoms with Crippen molar-refractivity contribution in [3.05, 3.63) is 17.5 Å². The van der Waals surface area contributed by atoms with Crippen LogP contribution in [0.15, 0.2) is 6.20 Å². The molecule has 0 spiro atoms. The number of rotatable bonds is 6. The summed E-state index contributed by atoms with van der Waals surface area (Å²) in [6.07, 6.45) is 2.26. The molecule has 0 aromatic carbocycles. The Bertz CT molecular complexity index is 374. The molecule has 0 unspecified atom stereocenters. The van der Waals surface area contributed by atoms with E-state index in [0.29, 0.717) is 19.5 Å². The fourth-order valence-corrected chi connectivity index (χ4v) is 1.80. The SMILES string of the molecule is CCC(=O)N(CCO)Cc1cnn(CC)c1C. The molecule has 5 nitrogen and oxygen atoms in total. The Morgan fingerprint density at radius 3 is 2.71 bits per heavy atom. The van der Waals surface area contributed by atoms with E-state index < -0.39 is 0 Å². The maximum Gasteiger partial charge on any atom is 0.222 e. The number of aliphatic hydroxyl groups is 1. The van der Waals surface area contributed by atoms with Crippen molar-refractivity contribution in [2.45, 2.75) is 40.3 Å². The van der Waals surface area contributed by atoms with Crippen LogP contribution in [0.25, 0.3) is 0 Å². The number of aliphatic hydroxyl groups excluding tert-OH is 1. The number of carbonyl (C=O) groups is 1. The van der Waals surface area contributed by atoms with E-state index in [-0.39, 0.29) is 12.5 Å². The van der Waals surface area contributed by atoms with Gasteiger partial charge in [-0.15, -0.1) is 0 Å². The number of hydrogen-bond donors (Lipinski definition) is 1. The molecule has 0 saturated carbocycles. The fraction of sp³-hybridized carbons (Fsp3) is 0.667. The lowest BCUT2D eigenvalue weighted by molar-refractivity contribution is -0.132. The molecule has 0 saturated heterocycles. The van der Waals surface area contributed by atoms with Crippen molar-refractivity contribution in [1.29, 1.82) is 0 Å². The van der Waals surface area contributed by atoms with Crippen LogP contribution in [-0.4, -0.2) is 38.8 Å². The van der Waals surface area contributed by atoms with E-state index in [1.54, 1.807) is 11.1 Å². The number of carbonyl (C=O) groups excluding carboxylic acids is 1. The van der Waals surface area contributed by atoms with Crippen LogP contribution in [0.5, 0.6) is 0 Å². The molecule has 1 rings (SSSR count). The topological polar surface area (TPSA) is 58.4 Å². The first-order valence-corrected chi connectivity index (χ1v) is 6.03. The molecule has 96 valence electrons. The van der Waals surface area contributed by atoms with Crippen LogP contribution in [-0.2, 0) is 17.9 Å². The second kappa shape index (κ2) is 6.39. The number of hydrogen-bond acceptors (Lipinski definition) is 3. The van der Waals surface area contributed by atoms with Crippen molar-refractivity contribution in [3.63, 3.8) is 0 Å². The number of aromatic nitrogens is 2. The Labute approximate surface area is 102 Å². The maximum atomic E-state index is 11.7. The van der Waals surface area contributed by atoms with E-state index in [0.717, 1.165) is 17.8 Å². The van der Waals surface area contributed by atoms with Crippen LogP contribution in [0, 0.1) is 6.92 Å². The molecule has 1 heterocycles. The third-order valence-electron chi connectivity index (χ3n) is 2.89. The zero-order valence-corrected chi connectivity index (χ0v) is 10.8. The monoisotopic (exact) mass is 239 g/mol. The van der Waals surface area contributed by atoms with Crippen LogP contribution in [0.2, 0.25) is 0 Å². The Kier molecular flexibility index (Phi) is 5.15. The van der Waals surface area contributed by atoms with Gasteiger partial charge >= 0.3 is 0 Å². The van der Waals surface area contributed by atoms with E-state index >= 15 is 0 Å². The van der Waals surface area contributed by atoms with Gasteiger partial charge in [-0.25, -0.2) is 0 Å². The minimum atomic E-state index is -0.00724. The minimum absolute atomic E-state index is 0.00724. The molecule has 0 aliphatic heterocycles. The highest BCUT2D eigenvalue weighted by atomic mass is 16.3. The molecule has 0 radical (unpaired) electrons. The molecule has 0 aliphatic carbocycles. The second-order valence-electron chi connectivity index (χ2n) is 3.96. The maximum absolute atomic E-state index is 11.7. The number of amides is 1. The van der Waals surface area contributed by atoms with Gasteiger partial charge in [0.1, 0.15) is 0 Å². The van der Waals surface area contributed by atoms with Crippen LogP contribution in [0.3, 0.4) is 0 Å². The second-order valence-corrected chi connectivity index (χ2v) is 3.96. The van der Waals surface area contributed by atoms with E-state index in [1.807, 2.05) is 25.5 Å². The van der Waals surface area contributed by atoms with E-state index in [4.69, 9.17) is 5.11 Å². The zero-order valence-electron chi connectivity index (χ0n) is 10.8. The standard InChI is InChI=1S/C12H21N3O2/c1-4-12(17)14(6-7-16)9-11-8-13-15(5-2)10(11)3/h8,16H,4-7,9H2,1-3H3. The van der Waals surface area contributed by atoms with Gasteiger partial charge in [-0.2, -0.15) is 5.10 Å². The van der Waals surface area contributed by atoms with Crippen molar-refractivity contribution in [3.8, 4) is 0 Å². The molecule has 5 heteroatoms. The highest BCUT2D eigenvalue weighted by Gasteiger charge is 2.14. The molecule has 0 aliphatic rings. The largest absolute Gasteiger partial charge is 0.395 e. The molecule has 1 N–H and O–H groups in total. The van der Waals surface area contributed by atoms with Crippen molar-refractivity contribution in [2.75, 3.05) is 13.2 Å². The Morgan fingerprint density at radius 2 is 2.24 bits per heavy atom. The van der Waals surface area contributed by atoms with Gasteiger partial charge in [-0.3, -0.25) is 9.48 Å². The molecular formula is C12H21N3O2. The predicted molar refractivity (Wildman–Crippen MR) is 65.4 cm³/mol. The van der Waals surface area contributed by atoms with Crippen LogP contribution in [0.1, 0.15) is 31.5 Å². The average molecular weight is 239 g/mol. The van der Waals surface area contributed by atoms with Gasteiger partial charge in [0.05, 0.1) is 12.8 Å². The molecule has 0 bridgehead atoms. The molecule has 17 heavy (non-hydrogen) atoms. The molecule has 1 amide bonds. The van der Waals surface area contributed by atoms with Crippen LogP contribution < -0.4 is 0 Å². The number of nitrogens with zero attached hydrogens (tertiary/aromatic N) is 3. The Morgan fingerprint density at radius 1 is 1.53 bits per heavy atom. The summed E-state index contributed by atoms with van der Waals surface area (Å²) in [5, 5.41) is 13.2.